The lowest BCUT2D eigenvalue weighted by Crippen LogP contribution is -2.72. The number of likely N-dealkylation sites (N-methyl/N-ethyl adjacent to an activating group) is 1. The van der Waals surface area contributed by atoms with Crippen LogP contribution < -0.4 is 0 Å². The summed E-state index contributed by atoms with van der Waals surface area (Å²) in [5.74, 6) is 0.172. The zero-order chi connectivity index (χ0) is 25.3. The van der Waals surface area contributed by atoms with Crippen LogP contribution in [0.15, 0.2) is 24.3 Å². The molecule has 194 valence electrons. The number of aromatic nitrogens is 2. The molecule has 3 N–H and O–H groups in total. The van der Waals surface area contributed by atoms with Crippen LogP contribution in [0.1, 0.15) is 63.1 Å². The molecule has 0 radical (unpaired) electrons. The van der Waals surface area contributed by atoms with Crippen molar-refractivity contribution < 1.29 is 14.9 Å². The van der Waals surface area contributed by atoms with Crippen LogP contribution >= 0.6 is 11.6 Å². The van der Waals surface area contributed by atoms with Gasteiger partial charge in [0, 0.05) is 29.0 Å². The maximum atomic E-state index is 11.3. The van der Waals surface area contributed by atoms with E-state index < -0.39 is 28.3 Å². The molecule has 9 unspecified atom stereocenters. The van der Waals surface area contributed by atoms with E-state index in [1.54, 1.807) is 0 Å². The van der Waals surface area contributed by atoms with E-state index in [1.165, 1.54) is 16.5 Å². The van der Waals surface area contributed by atoms with Crippen molar-refractivity contribution in [2.24, 2.45) is 17.3 Å². The maximum Gasteiger partial charge on any atom is 0.0958 e. The Morgan fingerprint density at radius 1 is 1.11 bits per heavy atom. The Morgan fingerprint density at radius 3 is 2.69 bits per heavy atom. The average Bonchev–Trinajstić information content (AvgIpc) is 3.50. The minimum Gasteiger partial charge on any atom is -0.390 e. The highest BCUT2D eigenvalue weighted by molar-refractivity contribution is 6.25. The number of ether oxygens (including phenoxy) is 1. The number of benzene rings is 1. The summed E-state index contributed by atoms with van der Waals surface area (Å²) in [4.78, 5) is 1.53. The number of rotatable bonds is 2. The number of halogens is 1. The number of hydrogen-bond donors (Lipinski definition) is 3. The van der Waals surface area contributed by atoms with Crippen LogP contribution in [0.5, 0.6) is 0 Å². The molecule has 36 heavy (non-hydrogen) atoms. The van der Waals surface area contributed by atoms with E-state index >= 15 is 0 Å². The summed E-state index contributed by atoms with van der Waals surface area (Å²) in [5, 5.41) is 31.1. The fraction of sp³-hybridized carbons (Fsp3) is 0.690. The molecular weight excluding hydrogens is 474 g/mol. The summed E-state index contributed by atoms with van der Waals surface area (Å²) in [7, 11) is 3.97. The van der Waals surface area contributed by atoms with Gasteiger partial charge in [-0.2, -0.15) is 5.10 Å². The molecule has 3 heterocycles. The highest BCUT2D eigenvalue weighted by atomic mass is 35.5. The van der Waals surface area contributed by atoms with Crippen molar-refractivity contribution in [3.8, 4) is 0 Å². The van der Waals surface area contributed by atoms with E-state index in [0.717, 1.165) is 49.7 Å². The Bertz CT molecular complexity index is 1280. The molecular formula is C29H38ClN3O3. The van der Waals surface area contributed by atoms with Crippen LogP contribution in [0.25, 0.3) is 16.5 Å². The lowest BCUT2D eigenvalue weighted by Gasteiger charge is -2.65. The van der Waals surface area contributed by atoms with Gasteiger partial charge in [0.2, 0.25) is 0 Å². The van der Waals surface area contributed by atoms with Crippen molar-refractivity contribution in [1.29, 1.82) is 0 Å². The number of hydrogen-bond acceptors (Lipinski definition) is 5. The lowest BCUT2D eigenvalue weighted by molar-refractivity contribution is -0.276. The molecule has 9 atom stereocenters. The van der Waals surface area contributed by atoms with Crippen LogP contribution in [0.4, 0.5) is 0 Å². The zero-order valence-electron chi connectivity index (χ0n) is 21.7. The van der Waals surface area contributed by atoms with Gasteiger partial charge in [-0.05, 0) is 88.6 Å². The van der Waals surface area contributed by atoms with Gasteiger partial charge >= 0.3 is 0 Å². The molecule has 1 aromatic heterocycles. The number of aliphatic hydroxyl groups is 2. The smallest absolute Gasteiger partial charge is 0.0958 e. The van der Waals surface area contributed by atoms with Gasteiger partial charge in [-0.1, -0.05) is 25.1 Å². The molecule has 2 saturated carbocycles. The number of fused-ring (bicyclic) bond motifs is 2. The van der Waals surface area contributed by atoms with Gasteiger partial charge in [0.05, 0.1) is 33.8 Å². The number of nitrogens with one attached hydrogen (secondary N) is 1. The molecule has 2 saturated heterocycles. The maximum absolute atomic E-state index is 11.3. The molecule has 1 aromatic carbocycles. The number of aliphatic hydroxyl groups excluding tert-OH is 2. The average molecular weight is 512 g/mol. The highest BCUT2D eigenvalue weighted by Gasteiger charge is 2.76. The third-order valence-electron chi connectivity index (χ3n) is 11.3. The Hall–Kier alpha value is -1.44. The number of aromatic amines is 1. The number of alkyl halides is 1. The molecule has 2 bridgehead atoms. The summed E-state index contributed by atoms with van der Waals surface area (Å²) in [6, 6.07) is 6.55. The van der Waals surface area contributed by atoms with Crippen LogP contribution in [0.2, 0.25) is 0 Å². The van der Waals surface area contributed by atoms with E-state index in [4.69, 9.17) is 16.3 Å². The van der Waals surface area contributed by atoms with Crippen LogP contribution in [-0.2, 0) is 4.74 Å². The largest absolute Gasteiger partial charge is 0.390 e. The van der Waals surface area contributed by atoms with Crippen molar-refractivity contribution in [3.63, 3.8) is 0 Å². The second kappa shape index (κ2) is 7.35. The third-order valence-corrected chi connectivity index (χ3v) is 11.9. The van der Waals surface area contributed by atoms with Crippen molar-refractivity contribution in [2.75, 3.05) is 14.1 Å². The minimum atomic E-state index is -0.813. The zero-order valence-corrected chi connectivity index (χ0v) is 22.5. The summed E-state index contributed by atoms with van der Waals surface area (Å²) in [5.41, 5.74) is 3.91. The number of nitrogens with zero attached hydrogens (tertiary/aromatic N) is 2. The standard InChI is InChI=1S/C29H38ClN3O3/c1-16-18-6-5-17(13-21(18)32-31-16)19-7-8-23-26(19,2)9-11-28(30)14-20-24(34)25(35)22(33(3)4)15-27(20)10-12-29(23,28)36-27/h5-7,13,20,22-25,34-35H,8-12,14-15H2,1-4H3,(H,31,32). The molecule has 7 rings (SSSR count). The summed E-state index contributed by atoms with van der Waals surface area (Å²) < 4.78 is 7.34. The monoisotopic (exact) mass is 511 g/mol. The van der Waals surface area contributed by atoms with E-state index in [0.29, 0.717) is 12.3 Å². The van der Waals surface area contributed by atoms with Gasteiger partial charge in [0.25, 0.3) is 0 Å². The van der Waals surface area contributed by atoms with Crippen LogP contribution in [-0.4, -0.2) is 73.7 Å². The molecule has 6 nitrogen and oxygen atoms in total. The first-order valence-corrected chi connectivity index (χ1v) is 14.0. The van der Waals surface area contributed by atoms with Crippen LogP contribution in [0, 0.1) is 24.2 Å². The van der Waals surface area contributed by atoms with Gasteiger partial charge in [0.1, 0.15) is 0 Å². The summed E-state index contributed by atoms with van der Waals surface area (Å²) in [6.07, 6.45) is 6.95. The molecule has 2 spiro atoms. The lowest BCUT2D eigenvalue weighted by atomic mass is 9.52. The van der Waals surface area contributed by atoms with E-state index in [1.807, 2.05) is 19.0 Å². The Kier molecular flexibility index (Phi) is 4.83. The molecule has 5 aliphatic rings. The second-order valence-electron chi connectivity index (χ2n) is 13.0. The van der Waals surface area contributed by atoms with Gasteiger partial charge in [0.15, 0.2) is 0 Å². The van der Waals surface area contributed by atoms with Gasteiger partial charge < -0.3 is 19.8 Å². The van der Waals surface area contributed by atoms with Crippen molar-refractivity contribution in [3.05, 3.63) is 35.5 Å². The van der Waals surface area contributed by atoms with Crippen molar-refractivity contribution in [2.45, 2.75) is 93.1 Å². The molecule has 2 aliphatic heterocycles. The first kappa shape index (κ1) is 23.7. The predicted molar refractivity (Wildman–Crippen MR) is 141 cm³/mol. The number of H-pyrrole nitrogens is 1. The van der Waals surface area contributed by atoms with Gasteiger partial charge in [-0.3, -0.25) is 5.10 Å². The predicted octanol–water partition coefficient (Wildman–Crippen LogP) is 4.42. The minimum absolute atomic E-state index is 0.0243. The SMILES string of the molecule is Cc1[nH]nc2cc(C3=CCC4C3(C)CCC3(Cl)CC5C(O)C(O)C(N(C)C)CC56CCC43O6)ccc12. The van der Waals surface area contributed by atoms with Crippen molar-refractivity contribution >= 4 is 28.1 Å². The molecule has 0 amide bonds. The van der Waals surface area contributed by atoms with Gasteiger partial charge in [-0.25, -0.2) is 0 Å². The fourth-order valence-electron chi connectivity index (χ4n) is 9.32. The molecule has 2 aromatic rings. The Morgan fingerprint density at radius 2 is 1.92 bits per heavy atom. The topological polar surface area (TPSA) is 81.6 Å². The van der Waals surface area contributed by atoms with Crippen LogP contribution in [0.3, 0.4) is 0 Å². The normalized spacial score (nSPS) is 47.6. The first-order chi connectivity index (χ1) is 17.0. The van der Waals surface area contributed by atoms with E-state index in [2.05, 4.69) is 48.3 Å². The fourth-order valence-corrected chi connectivity index (χ4v) is 9.85. The summed E-state index contributed by atoms with van der Waals surface area (Å²) in [6.45, 7) is 4.48. The second-order valence-corrected chi connectivity index (χ2v) is 13.7. The van der Waals surface area contributed by atoms with Crippen molar-refractivity contribution in [1.82, 2.24) is 15.1 Å². The summed E-state index contributed by atoms with van der Waals surface area (Å²) >= 11 is 7.63. The quantitative estimate of drug-likeness (QED) is 0.520. The number of allylic oxidation sites excluding steroid dienone is 2. The van der Waals surface area contributed by atoms with E-state index in [9.17, 15) is 10.2 Å². The Labute approximate surface area is 218 Å². The first-order valence-electron chi connectivity index (χ1n) is 13.6. The third kappa shape index (κ3) is 2.75. The highest BCUT2D eigenvalue weighted by Crippen LogP contribution is 2.73. The molecule has 3 aliphatic carbocycles. The van der Waals surface area contributed by atoms with Gasteiger partial charge in [-0.15, -0.1) is 11.6 Å². The number of aryl methyl sites for hydroxylation is 1. The Balaban J connectivity index is 1.27. The van der Waals surface area contributed by atoms with E-state index in [-0.39, 0.29) is 17.4 Å². The molecule has 7 heteroatoms. The molecule has 4 fully saturated rings.